The van der Waals surface area contributed by atoms with Crippen LogP contribution in [0.25, 0.3) is 0 Å². The Balaban J connectivity index is 2.35. The molecule has 0 saturated heterocycles. The summed E-state index contributed by atoms with van der Waals surface area (Å²) >= 11 is 0. The fourth-order valence-corrected chi connectivity index (χ4v) is 2.06. The smallest absolute Gasteiger partial charge is 0.323 e. The molecule has 0 bridgehead atoms. The highest BCUT2D eigenvalue weighted by Gasteiger charge is 2.35. The Kier molecular flexibility index (Phi) is 4.54. The summed E-state index contributed by atoms with van der Waals surface area (Å²) in [7, 11) is 1.52. The largest absolute Gasteiger partial charge is 0.480 e. The van der Waals surface area contributed by atoms with Crippen molar-refractivity contribution in [3.8, 4) is 0 Å². The van der Waals surface area contributed by atoms with Gasteiger partial charge in [-0.25, -0.2) is 0 Å². The number of carboxylic acids is 1. The molecule has 2 N–H and O–H groups in total. The molecular weight excluding hydrogens is 194 g/mol. The first-order valence-electron chi connectivity index (χ1n) is 5.59. The molecule has 0 aromatic heterocycles. The van der Waals surface area contributed by atoms with E-state index < -0.39 is 12.0 Å². The third-order valence-electron chi connectivity index (χ3n) is 3.52. The number of ether oxygens (including phenoxy) is 1. The maximum atomic E-state index is 10.9. The van der Waals surface area contributed by atoms with Gasteiger partial charge in [-0.05, 0) is 24.7 Å². The first-order valence-corrected chi connectivity index (χ1v) is 5.59. The van der Waals surface area contributed by atoms with Crippen molar-refractivity contribution >= 4 is 5.97 Å². The topological polar surface area (TPSA) is 58.6 Å². The van der Waals surface area contributed by atoms with E-state index in [1.807, 2.05) is 0 Å². The van der Waals surface area contributed by atoms with Crippen molar-refractivity contribution in [1.82, 2.24) is 5.32 Å². The number of carboxylic acid groups (broad SMARTS) is 1. The molecule has 1 saturated carbocycles. The Hall–Kier alpha value is -0.610. The molecule has 1 aliphatic rings. The molecule has 4 heteroatoms. The van der Waals surface area contributed by atoms with Crippen molar-refractivity contribution in [2.45, 2.75) is 38.6 Å². The first kappa shape index (κ1) is 12.5. The summed E-state index contributed by atoms with van der Waals surface area (Å²) < 4.78 is 4.87. The van der Waals surface area contributed by atoms with Crippen LogP contribution in [0.3, 0.4) is 0 Å². The minimum Gasteiger partial charge on any atom is -0.480 e. The van der Waals surface area contributed by atoms with Crippen LogP contribution >= 0.6 is 0 Å². The van der Waals surface area contributed by atoms with E-state index >= 15 is 0 Å². The van der Waals surface area contributed by atoms with E-state index in [1.54, 1.807) is 0 Å². The molecule has 88 valence electrons. The lowest BCUT2D eigenvalue weighted by Crippen LogP contribution is -2.48. The van der Waals surface area contributed by atoms with Crippen molar-refractivity contribution in [1.29, 1.82) is 0 Å². The monoisotopic (exact) mass is 215 g/mol. The number of carbonyl (C=O) groups is 1. The predicted octanol–water partition coefficient (Wildman–Crippen LogP) is 1.26. The third-order valence-corrected chi connectivity index (χ3v) is 3.52. The summed E-state index contributed by atoms with van der Waals surface area (Å²) in [4.78, 5) is 10.9. The second kappa shape index (κ2) is 5.47. The highest BCUT2D eigenvalue weighted by molar-refractivity contribution is 5.73. The molecule has 1 rings (SSSR count). The zero-order chi connectivity index (χ0) is 11.3. The Morgan fingerprint density at radius 1 is 1.60 bits per heavy atom. The lowest BCUT2D eigenvalue weighted by Gasteiger charge is -2.42. The van der Waals surface area contributed by atoms with Gasteiger partial charge in [0.15, 0.2) is 0 Å². The van der Waals surface area contributed by atoms with Crippen LogP contribution in [-0.4, -0.2) is 37.4 Å². The lowest BCUT2D eigenvalue weighted by molar-refractivity contribution is -0.141. The highest BCUT2D eigenvalue weighted by Crippen LogP contribution is 2.43. The lowest BCUT2D eigenvalue weighted by atomic mass is 9.67. The molecule has 4 nitrogen and oxygen atoms in total. The molecule has 1 atom stereocenters. The Bertz CT molecular complexity index is 208. The van der Waals surface area contributed by atoms with Crippen LogP contribution in [0.2, 0.25) is 0 Å². The minimum atomic E-state index is -0.831. The molecule has 0 aromatic rings. The average Bonchev–Trinajstić information content (AvgIpc) is 2.14. The SMILES string of the molecule is CCC1(CNC(COC)C(=O)O)CCC1. The fourth-order valence-electron chi connectivity index (χ4n) is 2.06. The summed E-state index contributed by atoms with van der Waals surface area (Å²) in [6.45, 7) is 3.20. The highest BCUT2D eigenvalue weighted by atomic mass is 16.5. The summed E-state index contributed by atoms with van der Waals surface area (Å²) in [6.07, 6.45) is 4.84. The van der Waals surface area contributed by atoms with Gasteiger partial charge in [-0.3, -0.25) is 4.79 Å². The molecule has 15 heavy (non-hydrogen) atoms. The number of hydrogen-bond acceptors (Lipinski definition) is 3. The van der Waals surface area contributed by atoms with Crippen molar-refractivity contribution in [2.24, 2.45) is 5.41 Å². The predicted molar refractivity (Wildman–Crippen MR) is 57.9 cm³/mol. The van der Waals surface area contributed by atoms with Crippen LogP contribution < -0.4 is 5.32 Å². The van der Waals surface area contributed by atoms with E-state index in [1.165, 1.54) is 26.4 Å². The molecule has 0 aliphatic heterocycles. The van der Waals surface area contributed by atoms with Gasteiger partial charge >= 0.3 is 5.97 Å². The van der Waals surface area contributed by atoms with E-state index in [9.17, 15) is 4.79 Å². The Morgan fingerprint density at radius 2 is 2.27 bits per heavy atom. The van der Waals surface area contributed by atoms with E-state index in [4.69, 9.17) is 9.84 Å². The quantitative estimate of drug-likeness (QED) is 0.671. The summed E-state index contributed by atoms with van der Waals surface area (Å²) in [5.74, 6) is -0.831. The van der Waals surface area contributed by atoms with Crippen LogP contribution in [0.4, 0.5) is 0 Å². The van der Waals surface area contributed by atoms with Gasteiger partial charge in [-0.2, -0.15) is 0 Å². The Morgan fingerprint density at radius 3 is 2.60 bits per heavy atom. The van der Waals surface area contributed by atoms with Crippen molar-refractivity contribution in [3.05, 3.63) is 0 Å². The normalized spacial score (nSPS) is 20.7. The molecule has 1 fully saturated rings. The van der Waals surface area contributed by atoms with E-state index in [0.717, 1.165) is 13.0 Å². The maximum absolute atomic E-state index is 10.9. The van der Waals surface area contributed by atoms with E-state index in [-0.39, 0.29) is 6.61 Å². The van der Waals surface area contributed by atoms with Crippen molar-refractivity contribution < 1.29 is 14.6 Å². The second-order valence-electron chi connectivity index (χ2n) is 4.43. The number of nitrogens with one attached hydrogen (secondary N) is 1. The maximum Gasteiger partial charge on any atom is 0.323 e. The number of aliphatic carboxylic acids is 1. The van der Waals surface area contributed by atoms with Crippen molar-refractivity contribution in [2.75, 3.05) is 20.3 Å². The molecule has 0 spiro atoms. The number of hydrogen-bond donors (Lipinski definition) is 2. The number of rotatable bonds is 7. The van der Waals surface area contributed by atoms with Gasteiger partial charge < -0.3 is 15.2 Å². The van der Waals surface area contributed by atoms with E-state index in [0.29, 0.717) is 5.41 Å². The summed E-state index contributed by atoms with van der Waals surface area (Å²) in [5, 5.41) is 12.0. The van der Waals surface area contributed by atoms with Gasteiger partial charge in [0.25, 0.3) is 0 Å². The van der Waals surface area contributed by atoms with Gasteiger partial charge in [0.1, 0.15) is 6.04 Å². The average molecular weight is 215 g/mol. The summed E-state index contributed by atoms with van der Waals surface area (Å²) in [6, 6.07) is -0.570. The van der Waals surface area contributed by atoms with Gasteiger partial charge in [0.2, 0.25) is 0 Å². The molecule has 0 amide bonds. The van der Waals surface area contributed by atoms with Crippen LogP contribution in [0.1, 0.15) is 32.6 Å². The van der Waals surface area contributed by atoms with Gasteiger partial charge in [-0.15, -0.1) is 0 Å². The van der Waals surface area contributed by atoms with E-state index in [2.05, 4.69) is 12.2 Å². The zero-order valence-electron chi connectivity index (χ0n) is 9.58. The van der Waals surface area contributed by atoms with Gasteiger partial charge in [0.05, 0.1) is 6.61 Å². The standard InChI is InChI=1S/C11H21NO3/c1-3-11(5-4-6-11)8-12-9(7-15-2)10(13)14/h9,12H,3-8H2,1-2H3,(H,13,14). The second-order valence-corrected chi connectivity index (χ2v) is 4.43. The van der Waals surface area contributed by atoms with Crippen LogP contribution in [0.5, 0.6) is 0 Å². The van der Waals surface area contributed by atoms with Crippen LogP contribution in [0.15, 0.2) is 0 Å². The molecule has 1 aliphatic carbocycles. The fraction of sp³-hybridized carbons (Fsp3) is 0.909. The number of methoxy groups -OCH3 is 1. The minimum absolute atomic E-state index is 0.231. The molecule has 0 aromatic carbocycles. The molecule has 0 radical (unpaired) electrons. The zero-order valence-corrected chi connectivity index (χ0v) is 9.58. The van der Waals surface area contributed by atoms with Gasteiger partial charge in [-0.1, -0.05) is 13.3 Å². The molecular formula is C11H21NO3. The van der Waals surface area contributed by atoms with Crippen LogP contribution in [0, 0.1) is 5.41 Å². The van der Waals surface area contributed by atoms with Crippen molar-refractivity contribution in [3.63, 3.8) is 0 Å². The summed E-state index contributed by atoms with van der Waals surface area (Å²) in [5.41, 5.74) is 0.349. The van der Waals surface area contributed by atoms with Crippen LogP contribution in [-0.2, 0) is 9.53 Å². The Labute approximate surface area is 91.0 Å². The third kappa shape index (κ3) is 3.18. The first-order chi connectivity index (χ1) is 7.13. The molecule has 1 unspecified atom stereocenters. The molecule has 0 heterocycles. The van der Waals surface area contributed by atoms with Gasteiger partial charge in [0, 0.05) is 13.7 Å².